The van der Waals surface area contributed by atoms with Crippen molar-refractivity contribution in [1.29, 1.82) is 0 Å². The number of hydrogen-bond acceptors (Lipinski definition) is 3. The Balaban J connectivity index is 2.08. The molecular formula is C17H24O3S. The number of ketones is 1. The molecule has 21 heavy (non-hydrogen) atoms. The fourth-order valence-corrected chi connectivity index (χ4v) is 4.19. The molecule has 1 atom stereocenters. The molecule has 0 radical (unpaired) electrons. The molecule has 1 N–H and O–H groups in total. The van der Waals surface area contributed by atoms with Gasteiger partial charge in [-0.15, -0.1) is 11.3 Å². The molecular weight excluding hydrogens is 284 g/mol. The number of carbonyl (C=O) groups excluding carboxylic acids is 1. The standard InChI is InChI=1S/C17H24O3S/c1-2-3-9-13(17(19)20)14-10-11-15(21-14)16(18)12-7-5-4-6-8-12/h10-13H,2-9H2,1H3,(H,19,20). The molecule has 1 unspecified atom stereocenters. The second-order valence-corrected chi connectivity index (χ2v) is 7.05. The van der Waals surface area contributed by atoms with E-state index < -0.39 is 11.9 Å². The summed E-state index contributed by atoms with van der Waals surface area (Å²) in [5.41, 5.74) is 0. The third-order valence-electron chi connectivity index (χ3n) is 4.33. The van der Waals surface area contributed by atoms with Crippen molar-refractivity contribution in [1.82, 2.24) is 0 Å². The quantitative estimate of drug-likeness (QED) is 0.731. The highest BCUT2D eigenvalue weighted by atomic mass is 32.1. The summed E-state index contributed by atoms with van der Waals surface area (Å²) < 4.78 is 0. The largest absolute Gasteiger partial charge is 0.481 e. The molecule has 1 aromatic rings. The molecule has 0 bridgehead atoms. The Kier molecular flexibility index (Phi) is 5.97. The van der Waals surface area contributed by atoms with Crippen LogP contribution in [0.2, 0.25) is 0 Å². The second kappa shape index (κ2) is 7.74. The van der Waals surface area contributed by atoms with Crippen LogP contribution in [0.1, 0.15) is 78.8 Å². The lowest BCUT2D eigenvalue weighted by atomic mass is 9.86. The van der Waals surface area contributed by atoms with E-state index in [-0.39, 0.29) is 11.7 Å². The van der Waals surface area contributed by atoms with Crippen LogP contribution in [0, 0.1) is 5.92 Å². The van der Waals surface area contributed by atoms with Gasteiger partial charge in [-0.25, -0.2) is 0 Å². The lowest BCUT2D eigenvalue weighted by Crippen LogP contribution is -2.16. The zero-order chi connectivity index (χ0) is 15.2. The van der Waals surface area contributed by atoms with Crippen LogP contribution in [0.4, 0.5) is 0 Å². The van der Waals surface area contributed by atoms with E-state index in [9.17, 15) is 14.7 Å². The average molecular weight is 308 g/mol. The summed E-state index contributed by atoms with van der Waals surface area (Å²) in [4.78, 5) is 25.5. The third-order valence-corrected chi connectivity index (χ3v) is 5.55. The van der Waals surface area contributed by atoms with E-state index in [2.05, 4.69) is 6.92 Å². The van der Waals surface area contributed by atoms with E-state index in [0.29, 0.717) is 6.42 Å². The van der Waals surface area contributed by atoms with E-state index in [4.69, 9.17) is 0 Å². The van der Waals surface area contributed by atoms with Gasteiger partial charge in [0.2, 0.25) is 0 Å². The molecule has 1 heterocycles. The zero-order valence-electron chi connectivity index (χ0n) is 12.6. The Bertz CT molecular complexity index is 486. The van der Waals surface area contributed by atoms with Crippen LogP contribution >= 0.6 is 11.3 Å². The van der Waals surface area contributed by atoms with Crippen molar-refractivity contribution in [2.75, 3.05) is 0 Å². The van der Waals surface area contributed by atoms with Crippen LogP contribution < -0.4 is 0 Å². The highest BCUT2D eigenvalue weighted by Gasteiger charge is 2.26. The molecule has 0 aromatic carbocycles. The molecule has 3 nitrogen and oxygen atoms in total. The summed E-state index contributed by atoms with van der Waals surface area (Å²) in [5.74, 6) is -0.848. The third kappa shape index (κ3) is 4.16. The van der Waals surface area contributed by atoms with Gasteiger partial charge in [-0.2, -0.15) is 0 Å². The molecule has 1 aromatic heterocycles. The molecule has 0 saturated heterocycles. The van der Waals surface area contributed by atoms with Gasteiger partial charge in [0, 0.05) is 10.8 Å². The number of carboxylic acid groups (broad SMARTS) is 1. The lowest BCUT2D eigenvalue weighted by molar-refractivity contribution is -0.138. The molecule has 4 heteroatoms. The fraction of sp³-hybridized carbons (Fsp3) is 0.647. The van der Waals surface area contributed by atoms with Crippen molar-refractivity contribution in [3.63, 3.8) is 0 Å². The first-order valence-corrected chi connectivity index (χ1v) is 8.82. The van der Waals surface area contributed by atoms with Gasteiger partial charge < -0.3 is 5.11 Å². The Morgan fingerprint density at radius 3 is 2.62 bits per heavy atom. The molecule has 1 aliphatic carbocycles. The number of thiophene rings is 1. The minimum atomic E-state index is -0.776. The van der Waals surface area contributed by atoms with Crippen molar-refractivity contribution in [2.24, 2.45) is 5.92 Å². The molecule has 1 aliphatic rings. The first-order valence-electron chi connectivity index (χ1n) is 8.00. The highest BCUT2D eigenvalue weighted by molar-refractivity contribution is 7.14. The summed E-state index contributed by atoms with van der Waals surface area (Å²) in [7, 11) is 0. The van der Waals surface area contributed by atoms with Gasteiger partial charge in [-0.1, -0.05) is 39.0 Å². The maximum atomic E-state index is 12.5. The van der Waals surface area contributed by atoms with Crippen LogP contribution in [0.15, 0.2) is 12.1 Å². The van der Waals surface area contributed by atoms with E-state index in [0.717, 1.165) is 48.3 Å². The molecule has 2 rings (SSSR count). The number of hydrogen-bond donors (Lipinski definition) is 1. The zero-order valence-corrected chi connectivity index (χ0v) is 13.5. The van der Waals surface area contributed by atoms with Crippen molar-refractivity contribution >= 4 is 23.1 Å². The first kappa shape index (κ1) is 16.2. The second-order valence-electron chi connectivity index (χ2n) is 5.93. The topological polar surface area (TPSA) is 54.4 Å². The molecule has 0 aliphatic heterocycles. The number of aliphatic carboxylic acids is 1. The van der Waals surface area contributed by atoms with Crippen LogP contribution in [0.25, 0.3) is 0 Å². The van der Waals surface area contributed by atoms with Crippen molar-refractivity contribution in [3.8, 4) is 0 Å². The number of carboxylic acids is 1. The summed E-state index contributed by atoms with van der Waals surface area (Å²) in [6, 6.07) is 3.67. The molecule has 0 spiro atoms. The van der Waals surface area contributed by atoms with Gasteiger partial charge in [0.1, 0.15) is 0 Å². The number of rotatable bonds is 7. The van der Waals surface area contributed by atoms with Crippen molar-refractivity contribution in [2.45, 2.75) is 64.2 Å². The molecule has 1 saturated carbocycles. The average Bonchev–Trinajstić information content (AvgIpc) is 2.97. The van der Waals surface area contributed by atoms with Crippen molar-refractivity contribution in [3.05, 3.63) is 21.9 Å². The van der Waals surface area contributed by atoms with Crippen LogP contribution in [0.3, 0.4) is 0 Å². The maximum absolute atomic E-state index is 12.5. The van der Waals surface area contributed by atoms with Gasteiger partial charge in [0.25, 0.3) is 0 Å². The highest BCUT2D eigenvalue weighted by Crippen LogP contribution is 2.33. The van der Waals surface area contributed by atoms with Crippen molar-refractivity contribution < 1.29 is 14.7 Å². The Morgan fingerprint density at radius 1 is 1.29 bits per heavy atom. The predicted molar refractivity (Wildman–Crippen MR) is 85.1 cm³/mol. The van der Waals surface area contributed by atoms with E-state index in [1.807, 2.05) is 12.1 Å². The van der Waals surface area contributed by atoms with Gasteiger partial charge in [-0.05, 0) is 31.4 Å². The van der Waals surface area contributed by atoms with Gasteiger partial charge >= 0.3 is 5.97 Å². The summed E-state index contributed by atoms with van der Waals surface area (Å²) in [6.45, 7) is 2.06. The Morgan fingerprint density at radius 2 is 2.00 bits per heavy atom. The normalized spacial score (nSPS) is 17.6. The molecule has 0 amide bonds. The van der Waals surface area contributed by atoms with Gasteiger partial charge in [0.05, 0.1) is 10.8 Å². The predicted octanol–water partition coefficient (Wildman–Crippen LogP) is 4.87. The summed E-state index contributed by atoms with van der Waals surface area (Å²) in [6.07, 6.45) is 8.05. The lowest BCUT2D eigenvalue weighted by Gasteiger charge is -2.19. The Hall–Kier alpha value is -1.16. The number of unbranched alkanes of at least 4 members (excludes halogenated alkanes) is 1. The van der Waals surface area contributed by atoms with E-state index in [1.54, 1.807) is 0 Å². The fourth-order valence-electron chi connectivity index (χ4n) is 3.03. The van der Waals surface area contributed by atoms with Gasteiger partial charge in [-0.3, -0.25) is 9.59 Å². The summed E-state index contributed by atoms with van der Waals surface area (Å²) in [5, 5.41) is 9.37. The van der Waals surface area contributed by atoms with Crippen LogP contribution in [-0.2, 0) is 4.79 Å². The summed E-state index contributed by atoms with van der Waals surface area (Å²) >= 11 is 1.39. The van der Waals surface area contributed by atoms with Crippen LogP contribution in [-0.4, -0.2) is 16.9 Å². The smallest absolute Gasteiger partial charge is 0.311 e. The molecule has 1 fully saturated rings. The molecule has 116 valence electrons. The number of Topliss-reactive ketones (excluding diaryl/α,β-unsaturated/α-hetero) is 1. The van der Waals surface area contributed by atoms with Gasteiger partial charge in [0.15, 0.2) is 5.78 Å². The minimum Gasteiger partial charge on any atom is -0.481 e. The minimum absolute atomic E-state index is 0.157. The number of carbonyl (C=O) groups is 2. The maximum Gasteiger partial charge on any atom is 0.311 e. The van der Waals surface area contributed by atoms with Crippen LogP contribution in [0.5, 0.6) is 0 Å². The SMILES string of the molecule is CCCCC(C(=O)O)c1ccc(C(=O)C2CCCCC2)s1. The van der Waals surface area contributed by atoms with E-state index >= 15 is 0 Å². The monoisotopic (exact) mass is 308 g/mol. The first-order chi connectivity index (χ1) is 10.1. The Labute approximate surface area is 130 Å². The van der Waals surface area contributed by atoms with E-state index in [1.165, 1.54) is 17.8 Å².